The molecule has 0 amide bonds. The van der Waals surface area contributed by atoms with Gasteiger partial charge in [0.1, 0.15) is 0 Å². The minimum atomic E-state index is -0.284. The van der Waals surface area contributed by atoms with Crippen LogP contribution in [0, 0.1) is 16.7 Å². The molecule has 3 unspecified atom stereocenters. The molecule has 0 aromatic heterocycles. The molecule has 3 saturated carbocycles. The lowest BCUT2D eigenvalue weighted by molar-refractivity contribution is -0.182. The first kappa shape index (κ1) is 8.28. The lowest BCUT2D eigenvalue weighted by Crippen LogP contribution is -2.58. The molecular formula is C12H20O. The molecule has 0 heterocycles. The molecule has 74 valence electrons. The second-order valence-corrected chi connectivity index (χ2v) is 6.00. The van der Waals surface area contributed by atoms with Crippen molar-refractivity contribution >= 4 is 0 Å². The van der Waals surface area contributed by atoms with Crippen molar-refractivity contribution in [1.29, 1.82) is 0 Å². The van der Waals surface area contributed by atoms with E-state index in [1.165, 1.54) is 32.1 Å². The topological polar surface area (TPSA) is 20.2 Å². The van der Waals surface area contributed by atoms with E-state index in [1.807, 2.05) is 0 Å². The number of hydrogen-bond acceptors (Lipinski definition) is 1. The summed E-state index contributed by atoms with van der Waals surface area (Å²) in [4.78, 5) is 0. The van der Waals surface area contributed by atoms with Crippen molar-refractivity contribution in [2.24, 2.45) is 16.7 Å². The van der Waals surface area contributed by atoms with Crippen molar-refractivity contribution in [2.75, 3.05) is 0 Å². The third kappa shape index (κ3) is 0.643. The van der Waals surface area contributed by atoms with Gasteiger partial charge in [-0.05, 0) is 37.0 Å². The van der Waals surface area contributed by atoms with Crippen LogP contribution in [-0.4, -0.2) is 10.7 Å². The fourth-order valence-electron chi connectivity index (χ4n) is 4.59. The molecule has 0 aromatic rings. The standard InChI is InChI=1S/C12H20O/c1-9(2)12(13)8-10-5-3-4-6-11(10,12)7-10/h9,13H,3-8H2,1-2H3. The fraction of sp³-hybridized carbons (Fsp3) is 1.00. The van der Waals surface area contributed by atoms with Crippen LogP contribution in [0.4, 0.5) is 0 Å². The largest absolute Gasteiger partial charge is 0.389 e. The SMILES string of the molecule is CC(C)C1(O)CC23CCCCC21C3. The zero-order valence-electron chi connectivity index (χ0n) is 8.77. The van der Waals surface area contributed by atoms with Crippen LogP contribution in [-0.2, 0) is 0 Å². The Balaban J connectivity index is 1.92. The summed E-state index contributed by atoms with van der Waals surface area (Å²) in [5, 5.41) is 10.6. The van der Waals surface area contributed by atoms with E-state index in [4.69, 9.17) is 0 Å². The average Bonchev–Trinajstić information content (AvgIpc) is 2.67. The monoisotopic (exact) mass is 180 g/mol. The summed E-state index contributed by atoms with van der Waals surface area (Å²) in [6.45, 7) is 4.37. The molecule has 1 nitrogen and oxygen atoms in total. The van der Waals surface area contributed by atoms with Crippen LogP contribution in [0.3, 0.4) is 0 Å². The van der Waals surface area contributed by atoms with Gasteiger partial charge >= 0.3 is 0 Å². The Morgan fingerprint density at radius 1 is 1.08 bits per heavy atom. The minimum absolute atomic E-state index is 0.284. The maximum atomic E-state index is 10.6. The molecule has 3 fully saturated rings. The maximum absolute atomic E-state index is 10.6. The Bertz CT molecular complexity index is 256. The summed E-state index contributed by atoms with van der Waals surface area (Å²) in [6.07, 6.45) is 7.93. The second-order valence-electron chi connectivity index (χ2n) is 6.00. The summed E-state index contributed by atoms with van der Waals surface area (Å²) < 4.78 is 0. The molecule has 0 bridgehead atoms. The molecule has 0 aromatic carbocycles. The van der Waals surface area contributed by atoms with Gasteiger partial charge in [0.05, 0.1) is 5.60 Å². The molecule has 3 aliphatic rings. The third-order valence-corrected chi connectivity index (χ3v) is 5.43. The summed E-state index contributed by atoms with van der Waals surface area (Å²) in [5.41, 5.74) is 0.740. The number of aliphatic hydroxyl groups is 1. The van der Waals surface area contributed by atoms with E-state index in [0.29, 0.717) is 16.7 Å². The van der Waals surface area contributed by atoms with Crippen LogP contribution in [0.25, 0.3) is 0 Å². The zero-order chi connectivity index (χ0) is 9.32. The van der Waals surface area contributed by atoms with Gasteiger partial charge in [0, 0.05) is 5.41 Å². The highest BCUT2D eigenvalue weighted by Gasteiger charge is 2.85. The second kappa shape index (κ2) is 1.98. The molecule has 3 atom stereocenters. The molecule has 13 heavy (non-hydrogen) atoms. The smallest absolute Gasteiger partial charge is 0.0737 e. The first-order chi connectivity index (χ1) is 6.06. The molecule has 1 N–H and O–H groups in total. The highest BCUT2D eigenvalue weighted by atomic mass is 16.3. The van der Waals surface area contributed by atoms with Crippen molar-refractivity contribution in [2.45, 2.75) is 58.0 Å². The van der Waals surface area contributed by atoms with E-state index in [2.05, 4.69) is 13.8 Å². The van der Waals surface area contributed by atoms with Crippen LogP contribution in [0.1, 0.15) is 52.4 Å². The lowest BCUT2D eigenvalue weighted by Gasteiger charge is -2.56. The fourth-order valence-corrected chi connectivity index (χ4v) is 4.59. The first-order valence-corrected chi connectivity index (χ1v) is 5.79. The molecule has 3 rings (SSSR count). The molecule has 0 aliphatic heterocycles. The van der Waals surface area contributed by atoms with Crippen LogP contribution in [0.5, 0.6) is 0 Å². The Morgan fingerprint density at radius 2 is 1.77 bits per heavy atom. The van der Waals surface area contributed by atoms with E-state index in [9.17, 15) is 5.11 Å². The predicted octanol–water partition coefficient (Wildman–Crippen LogP) is 2.73. The van der Waals surface area contributed by atoms with Gasteiger partial charge in [0.15, 0.2) is 0 Å². The average molecular weight is 180 g/mol. The van der Waals surface area contributed by atoms with Crippen LogP contribution in [0.15, 0.2) is 0 Å². The molecule has 3 aliphatic carbocycles. The van der Waals surface area contributed by atoms with Gasteiger partial charge in [-0.1, -0.05) is 26.7 Å². The normalized spacial score (nSPS) is 58.2. The Hall–Kier alpha value is -0.0400. The van der Waals surface area contributed by atoms with Crippen molar-refractivity contribution < 1.29 is 5.11 Å². The van der Waals surface area contributed by atoms with Gasteiger partial charge < -0.3 is 5.11 Å². The molecule has 1 heteroatoms. The van der Waals surface area contributed by atoms with E-state index >= 15 is 0 Å². The van der Waals surface area contributed by atoms with Gasteiger partial charge in [-0.15, -0.1) is 0 Å². The third-order valence-electron chi connectivity index (χ3n) is 5.43. The van der Waals surface area contributed by atoms with Crippen LogP contribution < -0.4 is 0 Å². The van der Waals surface area contributed by atoms with Crippen molar-refractivity contribution in [3.63, 3.8) is 0 Å². The van der Waals surface area contributed by atoms with E-state index < -0.39 is 0 Å². The van der Waals surface area contributed by atoms with Crippen molar-refractivity contribution in [1.82, 2.24) is 0 Å². The van der Waals surface area contributed by atoms with Crippen molar-refractivity contribution in [3.05, 3.63) is 0 Å². The van der Waals surface area contributed by atoms with Crippen molar-refractivity contribution in [3.8, 4) is 0 Å². The highest BCUT2D eigenvalue weighted by molar-refractivity contribution is 5.34. The molecule has 0 spiro atoms. The Kier molecular flexibility index (Phi) is 1.26. The maximum Gasteiger partial charge on any atom is 0.0737 e. The number of hydrogen-bond donors (Lipinski definition) is 1. The van der Waals surface area contributed by atoms with Gasteiger partial charge in [0.2, 0.25) is 0 Å². The highest BCUT2D eigenvalue weighted by Crippen LogP contribution is 2.88. The van der Waals surface area contributed by atoms with Gasteiger partial charge in [-0.25, -0.2) is 0 Å². The zero-order valence-corrected chi connectivity index (χ0v) is 8.77. The Labute approximate surface area is 80.5 Å². The quantitative estimate of drug-likeness (QED) is 0.658. The summed E-state index contributed by atoms with van der Waals surface area (Å²) in [6, 6.07) is 0. The molecule has 0 radical (unpaired) electrons. The Morgan fingerprint density at radius 3 is 2.38 bits per heavy atom. The summed E-state index contributed by atoms with van der Waals surface area (Å²) >= 11 is 0. The lowest BCUT2D eigenvalue weighted by atomic mass is 9.52. The molecule has 0 saturated heterocycles. The summed E-state index contributed by atoms with van der Waals surface area (Å²) in [7, 11) is 0. The van der Waals surface area contributed by atoms with Gasteiger partial charge in [0.25, 0.3) is 0 Å². The van der Waals surface area contributed by atoms with E-state index in [0.717, 1.165) is 6.42 Å². The minimum Gasteiger partial charge on any atom is -0.389 e. The molecular weight excluding hydrogens is 160 g/mol. The van der Waals surface area contributed by atoms with E-state index in [-0.39, 0.29) is 5.60 Å². The predicted molar refractivity (Wildman–Crippen MR) is 52.4 cm³/mol. The van der Waals surface area contributed by atoms with Gasteiger partial charge in [-0.3, -0.25) is 0 Å². The van der Waals surface area contributed by atoms with Crippen LogP contribution in [0.2, 0.25) is 0 Å². The van der Waals surface area contributed by atoms with Gasteiger partial charge in [-0.2, -0.15) is 0 Å². The van der Waals surface area contributed by atoms with E-state index in [1.54, 1.807) is 0 Å². The van der Waals surface area contributed by atoms with Crippen LogP contribution >= 0.6 is 0 Å². The number of rotatable bonds is 1. The first-order valence-electron chi connectivity index (χ1n) is 5.79. The summed E-state index contributed by atoms with van der Waals surface area (Å²) in [5.74, 6) is 0.459.